The molecule has 0 saturated heterocycles. The number of imidazole rings is 1. The molecule has 0 aliphatic rings. The van der Waals surface area contributed by atoms with Gasteiger partial charge in [-0.05, 0) is 29.1 Å². The highest BCUT2D eigenvalue weighted by Gasteiger charge is 2.13. The van der Waals surface area contributed by atoms with Crippen LogP contribution in [0, 0.1) is 0 Å². The van der Waals surface area contributed by atoms with E-state index in [2.05, 4.69) is 34.9 Å². The van der Waals surface area contributed by atoms with Crippen LogP contribution >= 0.6 is 11.6 Å². The van der Waals surface area contributed by atoms with Gasteiger partial charge < -0.3 is 9.30 Å². The van der Waals surface area contributed by atoms with Crippen LogP contribution in [-0.2, 0) is 13.2 Å². The Balaban J connectivity index is 1.49. The molecule has 3 nitrogen and oxygen atoms in total. The van der Waals surface area contributed by atoms with Gasteiger partial charge >= 0.3 is 0 Å². The second-order valence-electron chi connectivity index (χ2n) is 6.98. The Morgan fingerprint density at radius 2 is 1.55 bits per heavy atom. The molecule has 0 radical (unpaired) electrons. The Kier molecular flexibility index (Phi) is 4.66. The molecule has 4 aromatic carbocycles. The Morgan fingerprint density at radius 1 is 0.793 bits per heavy atom. The van der Waals surface area contributed by atoms with E-state index < -0.39 is 0 Å². The van der Waals surface area contributed by atoms with Crippen LogP contribution in [0.2, 0.25) is 5.02 Å². The molecule has 0 aliphatic heterocycles. The minimum Gasteiger partial charge on any atom is -0.484 e. The number of nitrogens with zero attached hydrogens (tertiary/aromatic N) is 2. The zero-order chi connectivity index (χ0) is 19.6. The molecule has 0 fully saturated rings. The van der Waals surface area contributed by atoms with Crippen molar-refractivity contribution in [3.8, 4) is 5.75 Å². The molecule has 5 rings (SSSR count). The summed E-state index contributed by atoms with van der Waals surface area (Å²) in [5.74, 6) is 1.54. The van der Waals surface area contributed by atoms with Gasteiger partial charge in [-0.15, -0.1) is 0 Å². The number of rotatable bonds is 5. The number of halogens is 1. The van der Waals surface area contributed by atoms with E-state index in [9.17, 15) is 0 Å². The summed E-state index contributed by atoms with van der Waals surface area (Å²) in [4.78, 5) is 4.81. The first-order chi connectivity index (χ1) is 14.3. The van der Waals surface area contributed by atoms with Crippen LogP contribution in [0.25, 0.3) is 21.8 Å². The van der Waals surface area contributed by atoms with Crippen molar-refractivity contribution < 1.29 is 4.74 Å². The van der Waals surface area contributed by atoms with Crippen LogP contribution in [0.4, 0.5) is 0 Å². The van der Waals surface area contributed by atoms with E-state index in [1.165, 1.54) is 5.56 Å². The Morgan fingerprint density at radius 3 is 2.45 bits per heavy atom. The summed E-state index contributed by atoms with van der Waals surface area (Å²) in [5, 5.41) is 2.72. The summed E-state index contributed by atoms with van der Waals surface area (Å²) >= 11 is 6.60. The lowest BCUT2D eigenvalue weighted by molar-refractivity contribution is 0.292. The van der Waals surface area contributed by atoms with E-state index in [1.54, 1.807) is 0 Å². The lowest BCUT2D eigenvalue weighted by atomic mass is 10.1. The molecule has 0 unspecified atom stereocenters. The Hall–Kier alpha value is -3.30. The van der Waals surface area contributed by atoms with Crippen molar-refractivity contribution in [3.63, 3.8) is 0 Å². The van der Waals surface area contributed by atoms with Crippen LogP contribution in [0.1, 0.15) is 11.4 Å². The molecule has 0 amide bonds. The van der Waals surface area contributed by atoms with Crippen LogP contribution in [0.15, 0.2) is 91.0 Å². The number of benzene rings is 4. The van der Waals surface area contributed by atoms with Crippen molar-refractivity contribution in [2.24, 2.45) is 0 Å². The summed E-state index contributed by atoms with van der Waals surface area (Å²) < 4.78 is 8.33. The molecule has 0 bridgehead atoms. The number of hydrogen-bond acceptors (Lipinski definition) is 2. The third-order valence-corrected chi connectivity index (χ3v) is 5.49. The molecule has 0 atom stereocenters. The van der Waals surface area contributed by atoms with Gasteiger partial charge in [0.05, 0.1) is 16.1 Å². The third-order valence-electron chi connectivity index (χ3n) is 5.10. The first kappa shape index (κ1) is 17.8. The molecule has 29 heavy (non-hydrogen) atoms. The maximum absolute atomic E-state index is 6.60. The van der Waals surface area contributed by atoms with Gasteiger partial charge in [0, 0.05) is 11.9 Å². The van der Waals surface area contributed by atoms with Crippen molar-refractivity contribution in [1.29, 1.82) is 0 Å². The van der Waals surface area contributed by atoms with Crippen molar-refractivity contribution in [2.75, 3.05) is 0 Å². The van der Waals surface area contributed by atoms with Gasteiger partial charge in [0.1, 0.15) is 18.2 Å². The zero-order valence-corrected chi connectivity index (χ0v) is 16.5. The topological polar surface area (TPSA) is 27.1 Å². The Bertz CT molecular complexity index is 1290. The fourth-order valence-corrected chi connectivity index (χ4v) is 3.94. The van der Waals surface area contributed by atoms with E-state index in [4.69, 9.17) is 21.3 Å². The number of para-hydroxylation sites is 2. The fourth-order valence-electron chi connectivity index (χ4n) is 3.65. The molecule has 142 valence electrons. The fraction of sp³-hybridized carbons (Fsp3) is 0.0800. The highest BCUT2D eigenvalue weighted by atomic mass is 35.5. The highest BCUT2D eigenvalue weighted by Crippen LogP contribution is 2.33. The van der Waals surface area contributed by atoms with Crippen LogP contribution < -0.4 is 4.74 Å². The number of hydrogen-bond donors (Lipinski definition) is 0. The minimum atomic E-state index is 0.347. The van der Waals surface area contributed by atoms with Crippen molar-refractivity contribution in [2.45, 2.75) is 13.2 Å². The van der Waals surface area contributed by atoms with E-state index in [-0.39, 0.29) is 0 Å². The maximum Gasteiger partial charge on any atom is 0.148 e. The third kappa shape index (κ3) is 3.45. The molecule has 1 aromatic heterocycles. The number of fused-ring (bicyclic) bond motifs is 2. The van der Waals surface area contributed by atoms with Gasteiger partial charge in [-0.2, -0.15) is 0 Å². The van der Waals surface area contributed by atoms with Crippen LogP contribution in [-0.4, -0.2) is 9.55 Å². The van der Waals surface area contributed by atoms with Crippen LogP contribution in [0.5, 0.6) is 5.75 Å². The molecule has 1 heterocycles. The first-order valence-electron chi connectivity index (χ1n) is 9.58. The van der Waals surface area contributed by atoms with Gasteiger partial charge in [-0.3, -0.25) is 0 Å². The minimum absolute atomic E-state index is 0.347. The summed E-state index contributed by atoms with van der Waals surface area (Å²) in [6.45, 7) is 1.09. The molecule has 0 N–H and O–H groups in total. The van der Waals surface area contributed by atoms with Gasteiger partial charge in [-0.1, -0.05) is 84.4 Å². The predicted molar refractivity (Wildman–Crippen MR) is 119 cm³/mol. The second kappa shape index (κ2) is 7.61. The van der Waals surface area contributed by atoms with Gasteiger partial charge in [0.2, 0.25) is 0 Å². The highest BCUT2D eigenvalue weighted by molar-refractivity contribution is 6.37. The van der Waals surface area contributed by atoms with Crippen LogP contribution in [0.3, 0.4) is 0 Å². The predicted octanol–water partition coefficient (Wildman–Crippen LogP) is 6.47. The molecule has 0 saturated carbocycles. The molecule has 4 heteroatoms. The average Bonchev–Trinajstić information content (AvgIpc) is 3.12. The van der Waals surface area contributed by atoms with E-state index in [1.807, 2.05) is 60.7 Å². The van der Waals surface area contributed by atoms with Gasteiger partial charge in [0.15, 0.2) is 0 Å². The lowest BCUT2D eigenvalue weighted by Gasteiger charge is -2.12. The van der Waals surface area contributed by atoms with Crippen molar-refractivity contribution in [1.82, 2.24) is 9.55 Å². The SMILES string of the molecule is Clc1c(OCc2nc3ccccc3n2Cc2ccccc2)ccc2ccccc12. The number of aromatic nitrogens is 2. The molecular formula is C25H19ClN2O. The molecular weight excluding hydrogens is 380 g/mol. The normalized spacial score (nSPS) is 11.2. The largest absolute Gasteiger partial charge is 0.484 e. The average molecular weight is 399 g/mol. The summed E-state index contributed by atoms with van der Waals surface area (Å²) in [6.07, 6.45) is 0. The molecule has 5 aromatic rings. The smallest absolute Gasteiger partial charge is 0.148 e. The molecule has 0 spiro atoms. The van der Waals surface area contributed by atoms with E-state index in [0.717, 1.165) is 34.2 Å². The standard InChI is InChI=1S/C25H19ClN2O/c26-25-20-11-5-4-10-19(20)14-15-23(25)29-17-24-27-21-12-6-7-13-22(21)28(24)16-18-8-2-1-3-9-18/h1-15H,16-17H2. The Labute approximate surface area is 174 Å². The summed E-state index contributed by atoms with van der Waals surface area (Å²) in [7, 11) is 0. The first-order valence-corrected chi connectivity index (χ1v) is 9.95. The quantitative estimate of drug-likeness (QED) is 0.339. The lowest BCUT2D eigenvalue weighted by Crippen LogP contribution is -2.08. The summed E-state index contributed by atoms with van der Waals surface area (Å²) in [5.41, 5.74) is 3.28. The van der Waals surface area contributed by atoms with E-state index >= 15 is 0 Å². The second-order valence-corrected chi connectivity index (χ2v) is 7.35. The van der Waals surface area contributed by atoms with Gasteiger partial charge in [0.25, 0.3) is 0 Å². The number of ether oxygens (including phenoxy) is 1. The molecule has 0 aliphatic carbocycles. The zero-order valence-electron chi connectivity index (χ0n) is 15.8. The maximum atomic E-state index is 6.60. The van der Waals surface area contributed by atoms with Gasteiger partial charge in [-0.25, -0.2) is 4.98 Å². The summed E-state index contributed by atoms with van der Waals surface area (Å²) in [6, 6.07) is 30.6. The van der Waals surface area contributed by atoms with E-state index in [0.29, 0.717) is 17.4 Å². The van der Waals surface area contributed by atoms with Crippen molar-refractivity contribution >= 4 is 33.4 Å². The monoisotopic (exact) mass is 398 g/mol. The van der Waals surface area contributed by atoms with Crippen molar-refractivity contribution in [3.05, 3.63) is 107 Å².